The Balaban J connectivity index is 1.56. The molecule has 0 bridgehead atoms. The van der Waals surface area contributed by atoms with Gasteiger partial charge in [0.05, 0.1) is 16.3 Å². The van der Waals surface area contributed by atoms with Gasteiger partial charge in [0.1, 0.15) is 12.9 Å². The van der Waals surface area contributed by atoms with Crippen LogP contribution in [0.15, 0.2) is 71.9 Å². The maximum absolute atomic E-state index is 13.6. The second-order valence-electron chi connectivity index (χ2n) is 8.54. The maximum Gasteiger partial charge on any atom is 0.258 e. The largest absolute Gasteiger partial charge is 0.399 e. The Hall–Kier alpha value is -3.71. The van der Waals surface area contributed by atoms with E-state index in [1.54, 1.807) is 29.2 Å². The smallest absolute Gasteiger partial charge is 0.258 e. The average molecular weight is 508 g/mol. The number of rotatable bonds is 4. The van der Waals surface area contributed by atoms with Crippen molar-refractivity contribution in [1.82, 2.24) is 0 Å². The Kier molecular flexibility index (Phi) is 8.33. The Morgan fingerprint density at radius 3 is 2.53 bits per heavy atom. The van der Waals surface area contributed by atoms with Gasteiger partial charge in [0.2, 0.25) is 0 Å². The van der Waals surface area contributed by atoms with E-state index in [2.05, 4.69) is 16.5 Å². The molecule has 1 N–H and O–H groups in total. The summed E-state index contributed by atoms with van der Waals surface area (Å²) >= 11 is 6.03. The summed E-state index contributed by atoms with van der Waals surface area (Å²) in [5, 5.41) is 7.01. The first-order chi connectivity index (χ1) is 17.5. The summed E-state index contributed by atoms with van der Waals surface area (Å²) in [6.45, 7) is 0.467. The predicted molar refractivity (Wildman–Crippen MR) is 141 cm³/mol. The lowest BCUT2D eigenvalue weighted by Gasteiger charge is -2.27. The summed E-state index contributed by atoms with van der Waals surface area (Å²) in [4.78, 5) is 33.0. The van der Waals surface area contributed by atoms with Crippen LogP contribution in [0.4, 0.5) is 15.8 Å². The molecule has 8 heteroatoms. The fourth-order valence-corrected chi connectivity index (χ4v) is 4.47. The van der Waals surface area contributed by atoms with E-state index in [-0.39, 0.29) is 16.5 Å². The van der Waals surface area contributed by atoms with Gasteiger partial charge in [-0.3, -0.25) is 9.59 Å². The zero-order valence-corrected chi connectivity index (χ0v) is 20.7. The van der Waals surface area contributed by atoms with Crippen LogP contribution >= 0.6 is 11.6 Å². The summed E-state index contributed by atoms with van der Waals surface area (Å²) in [5.41, 5.74) is 3.94. The van der Waals surface area contributed by atoms with Gasteiger partial charge < -0.3 is 15.1 Å². The fraction of sp³-hybridized carbons (Fsp3) is 0.250. The molecule has 1 heterocycles. The number of fused-ring (bicyclic) bond motifs is 1. The molecule has 1 aliphatic rings. The lowest BCUT2D eigenvalue weighted by molar-refractivity contribution is 0.0986. The molecule has 36 heavy (non-hydrogen) atoms. The number of benzene rings is 3. The van der Waals surface area contributed by atoms with E-state index in [4.69, 9.17) is 16.4 Å². The van der Waals surface area contributed by atoms with Crippen LogP contribution in [0.2, 0.25) is 5.02 Å². The minimum atomic E-state index is -0.552. The van der Waals surface area contributed by atoms with Crippen LogP contribution in [-0.2, 0) is 11.3 Å². The molecular weight excluding hydrogens is 481 g/mol. The molecular formula is C28H27ClFN3O3. The quantitative estimate of drug-likeness (QED) is 0.410. The predicted octanol–water partition coefficient (Wildman–Crippen LogP) is 6.50. The standard InChI is InChI=1S/C28H27ClFN3O3/c1-36-32-23-8-4-2-6-19-7-3-5-9-26(19)33(17-16-23)28(35)20-10-13-22(14-11-20)31-27(34)24-18-21(30)12-15-25(24)29/h3,5,7,9-15,18H,2,4,6,8,16-17H2,1H3,(H,31,34)/b32-23+. The van der Waals surface area contributed by atoms with Gasteiger partial charge in [0, 0.05) is 29.9 Å². The molecule has 2 amide bonds. The first-order valence-electron chi connectivity index (χ1n) is 11.8. The van der Waals surface area contributed by atoms with E-state index >= 15 is 0 Å². The molecule has 0 atom stereocenters. The monoisotopic (exact) mass is 507 g/mol. The highest BCUT2D eigenvalue weighted by Gasteiger charge is 2.22. The second kappa shape index (κ2) is 11.8. The third kappa shape index (κ3) is 6.10. The van der Waals surface area contributed by atoms with Gasteiger partial charge in [-0.15, -0.1) is 0 Å². The van der Waals surface area contributed by atoms with Gasteiger partial charge in [-0.1, -0.05) is 35.0 Å². The minimum absolute atomic E-state index is 0.0366. The van der Waals surface area contributed by atoms with Crippen molar-refractivity contribution in [1.29, 1.82) is 0 Å². The van der Waals surface area contributed by atoms with E-state index < -0.39 is 11.7 Å². The number of carbonyl (C=O) groups excluding carboxylic acids is 2. The van der Waals surface area contributed by atoms with Crippen molar-refractivity contribution < 1.29 is 18.8 Å². The highest BCUT2D eigenvalue weighted by atomic mass is 35.5. The molecule has 0 aromatic heterocycles. The van der Waals surface area contributed by atoms with Crippen molar-refractivity contribution in [2.75, 3.05) is 23.9 Å². The number of halogens is 2. The average Bonchev–Trinajstić information content (AvgIpc) is 2.89. The first kappa shape index (κ1) is 25.4. The third-order valence-corrected chi connectivity index (χ3v) is 6.43. The van der Waals surface area contributed by atoms with Gasteiger partial charge in [-0.25, -0.2) is 4.39 Å². The molecule has 4 rings (SSSR count). The number of nitrogens with zero attached hydrogens (tertiary/aromatic N) is 2. The number of amides is 2. The number of aryl methyl sites for hydroxylation is 1. The Bertz CT molecular complexity index is 1280. The van der Waals surface area contributed by atoms with Gasteiger partial charge in [0.15, 0.2) is 0 Å². The van der Waals surface area contributed by atoms with Crippen molar-refractivity contribution in [2.24, 2.45) is 5.16 Å². The van der Waals surface area contributed by atoms with Crippen LogP contribution in [0.5, 0.6) is 0 Å². The molecule has 6 nitrogen and oxygen atoms in total. The molecule has 0 aliphatic carbocycles. The maximum atomic E-state index is 13.6. The molecule has 3 aromatic carbocycles. The van der Waals surface area contributed by atoms with Crippen LogP contribution in [0.1, 0.15) is 52.0 Å². The Morgan fingerprint density at radius 1 is 1.00 bits per heavy atom. The van der Waals surface area contributed by atoms with Crippen LogP contribution in [0, 0.1) is 5.82 Å². The topological polar surface area (TPSA) is 71.0 Å². The van der Waals surface area contributed by atoms with Crippen molar-refractivity contribution >= 4 is 40.5 Å². The highest BCUT2D eigenvalue weighted by Crippen LogP contribution is 2.27. The fourth-order valence-electron chi connectivity index (χ4n) is 4.27. The summed E-state index contributed by atoms with van der Waals surface area (Å²) in [7, 11) is 1.53. The lowest BCUT2D eigenvalue weighted by atomic mass is 9.99. The van der Waals surface area contributed by atoms with Gasteiger partial charge in [0.25, 0.3) is 11.8 Å². The van der Waals surface area contributed by atoms with Crippen LogP contribution in [0.3, 0.4) is 0 Å². The lowest BCUT2D eigenvalue weighted by Crippen LogP contribution is -2.34. The zero-order valence-electron chi connectivity index (χ0n) is 20.0. The van der Waals surface area contributed by atoms with E-state index in [1.165, 1.54) is 19.2 Å². The molecule has 0 saturated carbocycles. The zero-order chi connectivity index (χ0) is 25.5. The minimum Gasteiger partial charge on any atom is -0.399 e. The Labute approximate surface area is 214 Å². The summed E-state index contributed by atoms with van der Waals surface area (Å²) in [6.07, 6.45) is 4.32. The molecule has 0 fully saturated rings. The highest BCUT2D eigenvalue weighted by molar-refractivity contribution is 6.34. The molecule has 0 radical (unpaired) electrons. The van der Waals surface area contributed by atoms with Crippen LogP contribution < -0.4 is 10.2 Å². The third-order valence-electron chi connectivity index (χ3n) is 6.10. The SMILES string of the molecule is CO/N=C1\CCCCc2ccccc2N(C(=O)c2ccc(NC(=O)c3cc(F)ccc3Cl)cc2)CC1. The normalized spacial score (nSPS) is 15.2. The Morgan fingerprint density at radius 2 is 1.75 bits per heavy atom. The molecule has 1 aliphatic heterocycles. The van der Waals surface area contributed by atoms with Crippen molar-refractivity contribution in [3.05, 3.63) is 94.3 Å². The first-order valence-corrected chi connectivity index (χ1v) is 12.2. The van der Waals surface area contributed by atoms with E-state index in [0.717, 1.165) is 48.7 Å². The van der Waals surface area contributed by atoms with Gasteiger partial charge in [-0.05, 0) is 79.8 Å². The molecule has 0 unspecified atom stereocenters. The molecule has 186 valence electrons. The van der Waals surface area contributed by atoms with Crippen molar-refractivity contribution in [3.63, 3.8) is 0 Å². The van der Waals surface area contributed by atoms with E-state index in [1.807, 2.05) is 18.2 Å². The molecule has 0 spiro atoms. The number of hydrogen-bond donors (Lipinski definition) is 1. The van der Waals surface area contributed by atoms with E-state index in [0.29, 0.717) is 24.2 Å². The second-order valence-corrected chi connectivity index (χ2v) is 8.95. The number of anilines is 2. The van der Waals surface area contributed by atoms with Crippen LogP contribution in [0.25, 0.3) is 0 Å². The van der Waals surface area contributed by atoms with Gasteiger partial charge in [-0.2, -0.15) is 0 Å². The molecule has 0 saturated heterocycles. The van der Waals surface area contributed by atoms with Crippen molar-refractivity contribution in [3.8, 4) is 0 Å². The van der Waals surface area contributed by atoms with E-state index in [9.17, 15) is 14.0 Å². The number of carbonyl (C=O) groups is 2. The van der Waals surface area contributed by atoms with Crippen LogP contribution in [-0.4, -0.2) is 31.2 Å². The van der Waals surface area contributed by atoms with Gasteiger partial charge >= 0.3 is 0 Å². The number of hydrogen-bond acceptors (Lipinski definition) is 4. The number of para-hydroxylation sites is 1. The summed E-state index contributed by atoms with van der Waals surface area (Å²) in [6, 6.07) is 18.2. The number of nitrogens with one attached hydrogen (secondary N) is 1. The summed E-state index contributed by atoms with van der Waals surface area (Å²) in [5.74, 6) is -1.23. The summed E-state index contributed by atoms with van der Waals surface area (Å²) < 4.78 is 13.5. The molecule has 3 aromatic rings. The number of oxime groups is 1. The van der Waals surface area contributed by atoms with Crippen molar-refractivity contribution in [2.45, 2.75) is 32.1 Å².